The highest BCUT2D eigenvalue weighted by Crippen LogP contribution is 2.33. The molecule has 1 aromatic carbocycles. The van der Waals surface area contributed by atoms with Crippen LogP contribution in [0.4, 0.5) is 4.39 Å². The third kappa shape index (κ3) is 4.40. The summed E-state index contributed by atoms with van der Waals surface area (Å²) >= 11 is 0. The van der Waals surface area contributed by atoms with Gasteiger partial charge in [-0.25, -0.2) is 22.5 Å². The Hall–Kier alpha value is -3.34. The number of nitrogens with two attached hydrogens (primary N) is 1. The first-order valence-corrected chi connectivity index (χ1v) is 13.4. The van der Waals surface area contributed by atoms with E-state index in [9.17, 15) is 22.4 Å². The molecule has 2 fully saturated rings. The van der Waals surface area contributed by atoms with Crippen LogP contribution in [-0.2, 0) is 14.6 Å². The molecule has 3 aromatic rings. The highest BCUT2D eigenvalue weighted by molar-refractivity contribution is 7.91. The van der Waals surface area contributed by atoms with Crippen LogP contribution in [0.1, 0.15) is 41.4 Å². The number of primary amides is 1. The zero-order chi connectivity index (χ0) is 24.9. The lowest BCUT2D eigenvalue weighted by atomic mass is 9.95. The summed E-state index contributed by atoms with van der Waals surface area (Å²) in [6.45, 7) is 2.57. The number of hydrogen-bond donors (Lipinski definition) is 1. The van der Waals surface area contributed by atoms with Crippen LogP contribution >= 0.6 is 0 Å². The quantitative estimate of drug-likeness (QED) is 0.586. The van der Waals surface area contributed by atoms with Crippen molar-refractivity contribution in [2.75, 3.05) is 24.6 Å². The highest BCUT2D eigenvalue weighted by Gasteiger charge is 2.34. The molecular weight excluding hydrogens is 473 g/mol. The first-order chi connectivity index (χ1) is 16.6. The van der Waals surface area contributed by atoms with Gasteiger partial charge in [0, 0.05) is 24.6 Å². The fourth-order valence-corrected chi connectivity index (χ4v) is 6.70. The molecule has 4 heterocycles. The average molecular weight is 500 g/mol. The highest BCUT2D eigenvalue weighted by atomic mass is 32.2. The minimum atomic E-state index is -3.17. The van der Waals surface area contributed by atoms with E-state index in [0.717, 1.165) is 0 Å². The van der Waals surface area contributed by atoms with Crippen LogP contribution in [0.3, 0.4) is 0 Å². The first-order valence-electron chi connectivity index (χ1n) is 11.6. The summed E-state index contributed by atoms with van der Waals surface area (Å²) in [5, 5.41) is 5.18. The number of hydrogen-bond acceptors (Lipinski definition) is 6. The number of sulfone groups is 1. The molecule has 2 N–H and O–H groups in total. The Bertz CT molecular complexity index is 1430. The van der Waals surface area contributed by atoms with E-state index in [0.29, 0.717) is 65.9 Å². The molecule has 0 saturated carbocycles. The van der Waals surface area contributed by atoms with E-state index in [-0.39, 0.29) is 41.1 Å². The second kappa shape index (κ2) is 8.71. The van der Waals surface area contributed by atoms with Gasteiger partial charge in [-0.05, 0) is 56.5 Å². The summed E-state index contributed by atoms with van der Waals surface area (Å²) in [4.78, 5) is 31.7. The number of nitrogens with zero attached hydrogens (tertiary/aromatic N) is 4. The number of benzene rings is 1. The van der Waals surface area contributed by atoms with Crippen LogP contribution in [0.25, 0.3) is 22.3 Å². The Morgan fingerprint density at radius 3 is 2.40 bits per heavy atom. The van der Waals surface area contributed by atoms with Crippen molar-refractivity contribution in [2.24, 2.45) is 11.7 Å². The predicted octanol–water partition coefficient (Wildman–Crippen LogP) is 2.24. The molecule has 5 rings (SSSR count). The van der Waals surface area contributed by atoms with Gasteiger partial charge in [-0.2, -0.15) is 5.10 Å². The van der Waals surface area contributed by atoms with Gasteiger partial charge in [0.1, 0.15) is 5.82 Å². The number of carbonyl (C=O) groups excluding carboxylic acids is 2. The molecule has 0 aliphatic carbocycles. The van der Waals surface area contributed by atoms with Crippen LogP contribution in [0, 0.1) is 18.7 Å². The SMILES string of the molecule is Cc1nn(C2CCS(=O)(=O)C2)c2nc(-c3ccc(F)cc3)cc(C(=O)N3CCC(C(N)=O)CC3)c12. The van der Waals surface area contributed by atoms with Crippen LogP contribution in [0.5, 0.6) is 0 Å². The van der Waals surface area contributed by atoms with Crippen molar-refractivity contribution < 1.29 is 22.4 Å². The first kappa shape index (κ1) is 23.4. The molecular formula is C24H26FN5O4S. The molecule has 1 atom stereocenters. The fraction of sp³-hybridized carbons (Fsp3) is 0.417. The summed E-state index contributed by atoms with van der Waals surface area (Å²) in [5.41, 5.74) is 7.94. The summed E-state index contributed by atoms with van der Waals surface area (Å²) in [5.74, 6) is -1.16. The molecule has 2 aromatic heterocycles. The Balaban J connectivity index is 1.62. The summed E-state index contributed by atoms with van der Waals surface area (Å²) < 4.78 is 39.5. The molecule has 0 bridgehead atoms. The van der Waals surface area contributed by atoms with Crippen LogP contribution < -0.4 is 5.73 Å². The largest absolute Gasteiger partial charge is 0.369 e. The topological polar surface area (TPSA) is 128 Å². The molecule has 1 unspecified atom stereocenters. The fourth-order valence-electron chi connectivity index (χ4n) is 5.01. The molecule has 0 spiro atoms. The average Bonchev–Trinajstić information content (AvgIpc) is 3.37. The number of halogens is 1. The van der Waals surface area contributed by atoms with Crippen LogP contribution in [0.2, 0.25) is 0 Å². The lowest BCUT2D eigenvalue weighted by Gasteiger charge is -2.30. The van der Waals surface area contributed by atoms with Gasteiger partial charge in [0.2, 0.25) is 5.91 Å². The van der Waals surface area contributed by atoms with Crippen molar-refractivity contribution >= 4 is 32.7 Å². The van der Waals surface area contributed by atoms with E-state index in [1.54, 1.807) is 34.7 Å². The van der Waals surface area contributed by atoms with Crippen molar-refractivity contribution in [1.29, 1.82) is 0 Å². The minimum Gasteiger partial charge on any atom is -0.369 e. The van der Waals surface area contributed by atoms with Gasteiger partial charge in [0.15, 0.2) is 15.5 Å². The van der Waals surface area contributed by atoms with Gasteiger partial charge in [-0.3, -0.25) is 9.59 Å². The molecule has 2 saturated heterocycles. The van der Waals surface area contributed by atoms with Crippen molar-refractivity contribution in [3.8, 4) is 11.3 Å². The summed E-state index contributed by atoms with van der Waals surface area (Å²) in [6.07, 6.45) is 1.42. The third-order valence-electron chi connectivity index (χ3n) is 6.95. The monoisotopic (exact) mass is 499 g/mol. The predicted molar refractivity (Wildman–Crippen MR) is 128 cm³/mol. The van der Waals surface area contributed by atoms with Crippen molar-refractivity contribution in [3.63, 3.8) is 0 Å². The zero-order valence-corrected chi connectivity index (χ0v) is 20.1. The Kier molecular flexibility index (Phi) is 5.82. The minimum absolute atomic E-state index is 0.0322. The van der Waals surface area contributed by atoms with E-state index in [2.05, 4.69) is 5.10 Å². The van der Waals surface area contributed by atoms with Gasteiger partial charge >= 0.3 is 0 Å². The van der Waals surface area contributed by atoms with Crippen molar-refractivity contribution in [3.05, 3.63) is 47.4 Å². The number of aromatic nitrogens is 3. The standard InChI is InChI=1S/C24H26FN5O4S/c1-14-21-19(24(32)29-9-6-16(7-10-29)22(26)31)12-20(15-2-4-17(25)5-3-15)27-23(21)30(28-14)18-8-11-35(33,34)13-18/h2-5,12,16,18H,6-11,13H2,1H3,(H2,26,31). The van der Waals surface area contributed by atoms with Gasteiger partial charge in [-0.1, -0.05) is 0 Å². The van der Waals surface area contributed by atoms with E-state index in [1.165, 1.54) is 12.1 Å². The summed E-state index contributed by atoms with van der Waals surface area (Å²) in [7, 11) is -3.17. The molecule has 2 aliphatic heterocycles. The van der Waals surface area contributed by atoms with E-state index >= 15 is 0 Å². The van der Waals surface area contributed by atoms with Crippen LogP contribution in [-0.4, -0.2) is 64.5 Å². The molecule has 9 nitrogen and oxygen atoms in total. The maximum absolute atomic E-state index is 13.7. The molecule has 2 amide bonds. The molecule has 184 valence electrons. The number of carbonyl (C=O) groups is 2. The number of rotatable bonds is 4. The molecule has 2 aliphatic rings. The van der Waals surface area contributed by atoms with Gasteiger partial charge in [-0.15, -0.1) is 0 Å². The number of aryl methyl sites for hydroxylation is 1. The number of amides is 2. The number of likely N-dealkylation sites (tertiary alicyclic amines) is 1. The second-order valence-corrected chi connectivity index (χ2v) is 11.5. The van der Waals surface area contributed by atoms with Gasteiger partial charge in [0.25, 0.3) is 5.91 Å². The maximum atomic E-state index is 13.7. The van der Waals surface area contributed by atoms with Gasteiger partial charge < -0.3 is 10.6 Å². The van der Waals surface area contributed by atoms with E-state index in [4.69, 9.17) is 10.7 Å². The van der Waals surface area contributed by atoms with E-state index < -0.39 is 9.84 Å². The number of piperidine rings is 1. The Morgan fingerprint density at radius 1 is 1.11 bits per heavy atom. The van der Waals surface area contributed by atoms with Crippen molar-refractivity contribution in [2.45, 2.75) is 32.2 Å². The summed E-state index contributed by atoms with van der Waals surface area (Å²) in [6, 6.07) is 7.13. The number of pyridine rings is 1. The van der Waals surface area contributed by atoms with Crippen LogP contribution in [0.15, 0.2) is 30.3 Å². The third-order valence-corrected chi connectivity index (χ3v) is 8.70. The molecule has 35 heavy (non-hydrogen) atoms. The molecule has 0 radical (unpaired) electrons. The lowest BCUT2D eigenvalue weighted by molar-refractivity contribution is -0.123. The lowest BCUT2D eigenvalue weighted by Crippen LogP contribution is -2.41. The Morgan fingerprint density at radius 2 is 1.80 bits per heavy atom. The van der Waals surface area contributed by atoms with Gasteiger partial charge in [0.05, 0.1) is 39.9 Å². The second-order valence-electron chi connectivity index (χ2n) is 9.32. The smallest absolute Gasteiger partial charge is 0.254 e. The maximum Gasteiger partial charge on any atom is 0.254 e. The molecule has 11 heteroatoms. The Labute approximate surface area is 202 Å². The van der Waals surface area contributed by atoms with E-state index in [1.807, 2.05) is 0 Å². The zero-order valence-electron chi connectivity index (χ0n) is 19.3. The normalized spacial score (nSPS) is 20.4. The van der Waals surface area contributed by atoms with Crippen molar-refractivity contribution in [1.82, 2.24) is 19.7 Å². The number of fused-ring (bicyclic) bond motifs is 1.